The molecule has 0 fully saturated rings. The Kier molecular flexibility index (Phi) is 14.3. The van der Waals surface area contributed by atoms with E-state index in [4.69, 9.17) is 34.3 Å². The lowest BCUT2D eigenvalue weighted by Gasteiger charge is -2.14. The van der Waals surface area contributed by atoms with Crippen LogP contribution < -0.4 is 0 Å². The molecule has 0 N–H and O–H groups in total. The normalized spacial score (nSPS) is 12.8. The maximum Gasteiger partial charge on any atom is 0.223 e. The molecule has 22 aromatic carbocycles. The monoisotopic (exact) mass is 1850 g/mol. The molecule has 670 valence electrons. The van der Waals surface area contributed by atoms with Gasteiger partial charge in [0, 0.05) is 16.3 Å². The summed E-state index contributed by atoms with van der Waals surface area (Å²) in [5.74, 6) is 4.93. The van der Waals surface area contributed by atoms with Gasteiger partial charge in [-0.2, -0.15) is 0 Å². The number of imidazole rings is 12. The fourth-order valence-corrected chi connectivity index (χ4v) is 25.5. The van der Waals surface area contributed by atoms with Crippen molar-refractivity contribution < 1.29 is 4.42 Å². The van der Waals surface area contributed by atoms with Crippen LogP contribution in [-0.2, 0) is 0 Å². The van der Waals surface area contributed by atoms with E-state index in [1.54, 1.807) is 0 Å². The third-order valence-electron chi connectivity index (χ3n) is 32.1. The lowest BCUT2D eigenvalue weighted by Crippen LogP contribution is -1.93. The van der Waals surface area contributed by atoms with Crippen molar-refractivity contribution in [3.8, 4) is 89.0 Å². The summed E-state index contributed by atoms with van der Waals surface area (Å²) in [6.45, 7) is 6.77. The highest BCUT2D eigenvalue weighted by Crippen LogP contribution is 2.49. The van der Waals surface area contributed by atoms with E-state index < -0.39 is 0 Å². The standard InChI is InChI=1S/C129H73N15O/c1-68-43-79(71-17-6-4-7-18-71)41-42-96(68)94-64-114-121-115(65-94)139-109-59-90-47-81(34-38-85(90)53-103(109)133-127(139)143(121)125-131-101-51-76-22-11-13-24-78(76)57-107(101)137(114)125)83-36-40-87-55-105-111(61-92(87)49-83)141-117-67-95(119-69(2)44-88(45-70(119)3)72-19-8-5-9-20-72)66-116-122(117)144(129(141)135-105)128-134-104-54-86-39-35-82(48-91(86)60-110(104)140(116)128)80-33-37-84-52-102-108(58-89(84)46-80)138-113-63-93(73-29-31-74(32-30-73)97-26-16-27-99-98-25-14-15-28-118(98)145-123(97)99)62-112-120(113)142(126(138)132-102)124-130-100-50-75-21-10-12-23-77(75)56-106(100)136(112)124/h4-67H,1-3H3. The van der Waals surface area contributed by atoms with Crippen molar-refractivity contribution in [2.75, 3.05) is 0 Å². The van der Waals surface area contributed by atoms with E-state index in [1.807, 2.05) is 12.1 Å². The smallest absolute Gasteiger partial charge is 0.223 e. The zero-order valence-electron chi connectivity index (χ0n) is 78.1. The van der Waals surface area contributed by atoms with Crippen LogP contribution in [0.25, 0.3) is 326 Å². The Morgan fingerprint density at radius 2 is 0.462 bits per heavy atom. The summed E-state index contributed by atoms with van der Waals surface area (Å²) in [6, 6.07) is 143. The average molecular weight is 1850 g/mol. The molecule has 145 heavy (non-hydrogen) atoms. The summed E-state index contributed by atoms with van der Waals surface area (Å²) in [7, 11) is 0. The van der Waals surface area contributed by atoms with E-state index >= 15 is 0 Å². The molecule has 0 aliphatic carbocycles. The lowest BCUT2D eigenvalue weighted by atomic mass is 9.91. The van der Waals surface area contributed by atoms with Crippen LogP contribution in [0.15, 0.2) is 393 Å². The van der Waals surface area contributed by atoms with Crippen molar-refractivity contribution in [1.29, 1.82) is 0 Å². The van der Waals surface area contributed by atoms with Crippen LogP contribution in [-0.4, -0.2) is 69.5 Å². The summed E-state index contributed by atoms with van der Waals surface area (Å²) in [5, 5.41) is 15.8. The van der Waals surface area contributed by atoms with Crippen molar-refractivity contribution in [1.82, 2.24) is 69.5 Å². The minimum Gasteiger partial charge on any atom is -0.455 e. The number of aryl methyl sites for hydroxylation is 3. The maximum atomic E-state index is 6.56. The summed E-state index contributed by atoms with van der Waals surface area (Å²) in [6.07, 6.45) is 0. The fourth-order valence-electron chi connectivity index (χ4n) is 25.5. The van der Waals surface area contributed by atoms with Gasteiger partial charge in [-0.3, -0.25) is 26.4 Å². The molecule has 0 radical (unpaired) electrons. The second-order valence-corrected chi connectivity index (χ2v) is 40.2. The molecule has 13 aromatic heterocycles. The van der Waals surface area contributed by atoms with Crippen molar-refractivity contribution >= 4 is 237 Å². The highest BCUT2D eigenvalue weighted by atomic mass is 16.3. The van der Waals surface area contributed by atoms with Gasteiger partial charge in [-0.15, -0.1) is 0 Å². The summed E-state index contributed by atoms with van der Waals surface area (Å²) in [5.41, 5.74) is 45.0. The SMILES string of the molecule is Cc1cc(-c2ccccc2)ccc1-c1cc2c3c(c1)n1c4cc5cc(-c6ccc7cc8nc9n(c8cc7c6)c6cc(-c7c(C)cc(-c8ccccc8)cc7C)cc7c6n9c6nc8cc9ccc(-c%10ccc%11cc%12nc%13n(c%12cc%11c%10)c%10cc(-c%11ccc(-c%12cccc%14c%12oc%12ccccc%12%14)cc%11)cc%11c%10n%13c%10nc%12cc%13ccccc%13cc%12n%11%10)cc9cc8n76)ccc5cc4nc1n3c1nc3cc4ccccc4cc3n21. The number of benzene rings is 22. The van der Waals surface area contributed by atoms with Gasteiger partial charge in [-0.25, -0.2) is 43.1 Å². The maximum absolute atomic E-state index is 6.56. The van der Waals surface area contributed by atoms with Crippen molar-refractivity contribution in [3.05, 3.63) is 405 Å². The van der Waals surface area contributed by atoms with E-state index in [0.29, 0.717) is 0 Å². The van der Waals surface area contributed by atoms with E-state index in [1.165, 1.54) is 60.8 Å². The molecular weight excluding hydrogens is 1780 g/mol. The van der Waals surface area contributed by atoms with Crippen molar-refractivity contribution in [3.63, 3.8) is 0 Å². The molecular formula is C129H73N15O. The van der Waals surface area contributed by atoms with Gasteiger partial charge >= 0.3 is 0 Å². The Morgan fingerprint density at radius 3 is 0.862 bits per heavy atom. The molecule has 0 unspecified atom stereocenters. The number of furan rings is 1. The Morgan fingerprint density at radius 1 is 0.172 bits per heavy atom. The van der Waals surface area contributed by atoms with Crippen LogP contribution in [0.3, 0.4) is 0 Å². The average Bonchev–Trinajstić information content (AvgIpc) is 1.52. The van der Waals surface area contributed by atoms with Gasteiger partial charge in [0.15, 0.2) is 0 Å². The molecule has 0 spiro atoms. The first-order valence-electron chi connectivity index (χ1n) is 49.5. The first-order chi connectivity index (χ1) is 71.5. The molecule has 0 atom stereocenters. The summed E-state index contributed by atoms with van der Waals surface area (Å²) in [4.78, 5) is 33.5. The molecule has 16 nitrogen and oxygen atoms in total. The summed E-state index contributed by atoms with van der Waals surface area (Å²) < 4.78 is 27.7. The first-order valence-corrected chi connectivity index (χ1v) is 49.5. The van der Waals surface area contributed by atoms with Crippen molar-refractivity contribution in [2.24, 2.45) is 0 Å². The molecule has 35 rings (SSSR count). The van der Waals surface area contributed by atoms with Gasteiger partial charge in [0.2, 0.25) is 34.7 Å². The van der Waals surface area contributed by atoms with Crippen LogP contribution >= 0.6 is 0 Å². The second-order valence-electron chi connectivity index (χ2n) is 40.2. The molecule has 0 saturated carbocycles. The first kappa shape index (κ1) is 76.4. The van der Waals surface area contributed by atoms with Crippen LogP contribution in [0.4, 0.5) is 0 Å². The van der Waals surface area contributed by atoms with Gasteiger partial charge in [0.25, 0.3) is 0 Å². The number of hydrogen-bond acceptors (Lipinski definition) is 7. The number of para-hydroxylation sites is 2. The number of fused-ring (bicyclic) bond motifs is 39. The topological polar surface area (TPSA) is 130 Å². The Bertz CT molecular complexity index is 12000. The van der Waals surface area contributed by atoms with E-state index in [9.17, 15) is 0 Å². The van der Waals surface area contributed by atoms with Crippen LogP contribution in [0.1, 0.15) is 16.7 Å². The second kappa shape index (κ2) is 27.1. The lowest BCUT2D eigenvalue weighted by molar-refractivity contribution is 0.670. The molecule has 0 aliphatic rings. The van der Waals surface area contributed by atoms with E-state index in [0.717, 1.165) is 282 Å². The fraction of sp³-hybridized carbons (Fsp3) is 0.0233. The van der Waals surface area contributed by atoms with Gasteiger partial charge in [0.1, 0.15) is 27.7 Å². The molecule has 0 bridgehead atoms. The molecule has 0 amide bonds. The number of aromatic nitrogens is 15. The largest absolute Gasteiger partial charge is 0.455 e. The molecule has 0 aliphatic heterocycles. The Balaban J connectivity index is 0.498. The minimum absolute atomic E-state index is 0.808. The molecule has 35 aromatic rings. The van der Waals surface area contributed by atoms with Crippen LogP contribution in [0, 0.1) is 20.8 Å². The predicted molar refractivity (Wildman–Crippen MR) is 593 cm³/mol. The summed E-state index contributed by atoms with van der Waals surface area (Å²) >= 11 is 0. The van der Waals surface area contributed by atoms with E-state index in [2.05, 4.69) is 436 Å². The number of hydrogen-bond donors (Lipinski definition) is 0. The highest BCUT2D eigenvalue weighted by molar-refractivity contribution is 6.16. The van der Waals surface area contributed by atoms with Crippen molar-refractivity contribution in [2.45, 2.75) is 20.8 Å². The number of nitrogens with zero attached hydrogens (tertiary/aromatic N) is 15. The zero-order valence-corrected chi connectivity index (χ0v) is 78.1. The zero-order chi connectivity index (χ0) is 94.2. The van der Waals surface area contributed by atoms with Crippen LogP contribution in [0.2, 0.25) is 0 Å². The van der Waals surface area contributed by atoms with Gasteiger partial charge < -0.3 is 4.42 Å². The molecule has 0 saturated heterocycles. The quantitative estimate of drug-likeness (QED) is 0.148. The van der Waals surface area contributed by atoms with E-state index in [-0.39, 0.29) is 0 Å². The Labute approximate surface area is 820 Å². The Hall–Kier alpha value is -19.6. The third-order valence-corrected chi connectivity index (χ3v) is 32.1. The predicted octanol–water partition coefficient (Wildman–Crippen LogP) is 32.1. The number of rotatable bonds is 8. The van der Waals surface area contributed by atoms with Gasteiger partial charge in [-0.05, 0) is 325 Å². The third kappa shape index (κ3) is 10.3. The van der Waals surface area contributed by atoms with Gasteiger partial charge in [-0.1, -0.05) is 249 Å². The highest BCUT2D eigenvalue weighted by Gasteiger charge is 2.32. The minimum atomic E-state index is 0.808. The molecule has 16 heteroatoms. The van der Waals surface area contributed by atoms with Crippen LogP contribution in [0.5, 0.6) is 0 Å². The molecule has 13 heterocycles. The van der Waals surface area contributed by atoms with Gasteiger partial charge in [0.05, 0.1) is 99.3 Å².